The smallest absolute Gasteiger partial charge is 0.307 e. The van der Waals surface area contributed by atoms with Crippen molar-refractivity contribution in [2.45, 2.75) is 13.3 Å². The normalized spacial score (nSPS) is 16.7. The van der Waals surface area contributed by atoms with Crippen LogP contribution in [0.4, 0.5) is 0 Å². The highest BCUT2D eigenvalue weighted by Crippen LogP contribution is 1.99. The minimum atomic E-state index is -0.110. The van der Waals surface area contributed by atoms with E-state index in [1.165, 1.54) is 0 Å². The van der Waals surface area contributed by atoms with Gasteiger partial charge in [-0.15, -0.1) is 0 Å². The summed E-state index contributed by atoms with van der Waals surface area (Å²) in [5.41, 5.74) is 0. The van der Waals surface area contributed by atoms with Gasteiger partial charge in [0.15, 0.2) is 0 Å². The van der Waals surface area contributed by atoms with Gasteiger partial charge < -0.3 is 15.4 Å². The van der Waals surface area contributed by atoms with E-state index < -0.39 is 0 Å². The van der Waals surface area contributed by atoms with Crippen molar-refractivity contribution in [1.29, 1.82) is 0 Å². The monoisotopic (exact) mass is 186 g/mol. The molecule has 0 aliphatic carbocycles. The molecule has 4 nitrogen and oxygen atoms in total. The van der Waals surface area contributed by atoms with Crippen LogP contribution in [0.2, 0.25) is 0 Å². The fraction of sp³-hybridized carbons (Fsp3) is 0.889. The van der Waals surface area contributed by atoms with Crippen molar-refractivity contribution in [3.63, 3.8) is 0 Å². The average Bonchev–Trinajstić information content (AvgIpc) is 2.01. The molecule has 0 unspecified atom stereocenters. The number of rotatable bonds is 6. The van der Waals surface area contributed by atoms with Gasteiger partial charge in [-0.05, 0) is 12.8 Å². The quantitative estimate of drug-likeness (QED) is 0.443. The Kier molecular flexibility index (Phi) is 4.78. The molecule has 1 saturated heterocycles. The third-order valence-corrected chi connectivity index (χ3v) is 2.11. The van der Waals surface area contributed by atoms with Gasteiger partial charge in [0.2, 0.25) is 0 Å². The van der Waals surface area contributed by atoms with Gasteiger partial charge >= 0.3 is 5.97 Å². The van der Waals surface area contributed by atoms with Gasteiger partial charge in [-0.1, -0.05) is 0 Å². The number of hydrogen-bond acceptors (Lipinski definition) is 4. The Labute approximate surface area is 79.0 Å². The Hall–Kier alpha value is -0.610. The van der Waals surface area contributed by atoms with E-state index in [-0.39, 0.29) is 5.97 Å². The number of nitrogens with one attached hydrogen (secondary N) is 2. The summed E-state index contributed by atoms with van der Waals surface area (Å²) >= 11 is 0. The van der Waals surface area contributed by atoms with Gasteiger partial charge in [-0.25, -0.2) is 0 Å². The van der Waals surface area contributed by atoms with Crippen LogP contribution in [-0.2, 0) is 9.53 Å². The molecule has 0 bridgehead atoms. The number of ether oxygens (including phenoxy) is 1. The van der Waals surface area contributed by atoms with Gasteiger partial charge in [0.05, 0.1) is 13.0 Å². The van der Waals surface area contributed by atoms with E-state index in [4.69, 9.17) is 4.74 Å². The van der Waals surface area contributed by atoms with Crippen molar-refractivity contribution < 1.29 is 9.53 Å². The van der Waals surface area contributed by atoms with Crippen molar-refractivity contribution >= 4 is 5.97 Å². The predicted octanol–water partition coefficient (Wildman–Crippen LogP) is -0.251. The van der Waals surface area contributed by atoms with Crippen molar-refractivity contribution in [3.8, 4) is 0 Å². The summed E-state index contributed by atoms with van der Waals surface area (Å²) in [5, 5.41) is 6.44. The summed E-state index contributed by atoms with van der Waals surface area (Å²) in [6, 6.07) is 0. The molecule has 2 N–H and O–H groups in total. The first-order chi connectivity index (χ1) is 6.33. The van der Waals surface area contributed by atoms with Gasteiger partial charge in [-0.3, -0.25) is 4.79 Å². The Balaban J connectivity index is 1.85. The molecule has 76 valence electrons. The predicted molar refractivity (Wildman–Crippen MR) is 50.5 cm³/mol. The van der Waals surface area contributed by atoms with Crippen LogP contribution in [0.3, 0.4) is 0 Å². The topological polar surface area (TPSA) is 50.4 Å². The zero-order valence-corrected chi connectivity index (χ0v) is 8.14. The molecule has 0 aromatic heterocycles. The lowest BCUT2D eigenvalue weighted by Gasteiger charge is -2.27. The SMILES string of the molecule is CCOC(=O)CCNCC1CNC1. The summed E-state index contributed by atoms with van der Waals surface area (Å²) in [6.07, 6.45) is 0.480. The van der Waals surface area contributed by atoms with E-state index in [0.717, 1.165) is 32.1 Å². The molecule has 0 amide bonds. The molecule has 0 spiro atoms. The van der Waals surface area contributed by atoms with Crippen LogP contribution < -0.4 is 10.6 Å². The summed E-state index contributed by atoms with van der Waals surface area (Å²) < 4.78 is 4.80. The number of esters is 1. The first-order valence-electron chi connectivity index (χ1n) is 4.90. The summed E-state index contributed by atoms with van der Waals surface area (Å²) in [5.74, 6) is 0.643. The second-order valence-corrected chi connectivity index (χ2v) is 3.28. The third-order valence-electron chi connectivity index (χ3n) is 2.11. The van der Waals surface area contributed by atoms with Gasteiger partial charge in [-0.2, -0.15) is 0 Å². The molecule has 1 rings (SSSR count). The maximum absolute atomic E-state index is 10.9. The van der Waals surface area contributed by atoms with E-state index in [1.54, 1.807) is 0 Å². The van der Waals surface area contributed by atoms with Crippen LogP contribution in [0.25, 0.3) is 0 Å². The maximum atomic E-state index is 10.9. The lowest BCUT2D eigenvalue weighted by Crippen LogP contribution is -2.47. The molecule has 0 saturated carbocycles. The van der Waals surface area contributed by atoms with E-state index >= 15 is 0 Å². The zero-order valence-electron chi connectivity index (χ0n) is 8.14. The highest BCUT2D eigenvalue weighted by atomic mass is 16.5. The second-order valence-electron chi connectivity index (χ2n) is 3.28. The first-order valence-corrected chi connectivity index (χ1v) is 4.90. The molecule has 1 aliphatic rings. The largest absolute Gasteiger partial charge is 0.466 e. The van der Waals surface area contributed by atoms with Crippen LogP contribution in [0.1, 0.15) is 13.3 Å². The molecule has 0 atom stereocenters. The Morgan fingerprint density at radius 2 is 2.38 bits per heavy atom. The van der Waals surface area contributed by atoms with Crippen molar-refractivity contribution in [1.82, 2.24) is 10.6 Å². The summed E-state index contributed by atoms with van der Waals surface area (Å²) in [6.45, 7) is 6.25. The van der Waals surface area contributed by atoms with Crippen LogP contribution >= 0.6 is 0 Å². The fourth-order valence-corrected chi connectivity index (χ4v) is 1.22. The minimum Gasteiger partial charge on any atom is -0.466 e. The molecule has 13 heavy (non-hydrogen) atoms. The van der Waals surface area contributed by atoms with E-state index in [1.807, 2.05) is 6.92 Å². The Morgan fingerprint density at radius 1 is 1.62 bits per heavy atom. The number of carbonyl (C=O) groups excluding carboxylic acids is 1. The van der Waals surface area contributed by atoms with E-state index in [0.29, 0.717) is 13.0 Å². The standard InChI is InChI=1S/C9H18N2O2/c1-2-13-9(12)3-4-10-5-8-6-11-7-8/h8,10-11H,2-7H2,1H3. The van der Waals surface area contributed by atoms with Crippen LogP contribution in [0, 0.1) is 5.92 Å². The van der Waals surface area contributed by atoms with Crippen molar-refractivity contribution in [3.05, 3.63) is 0 Å². The fourth-order valence-electron chi connectivity index (χ4n) is 1.22. The van der Waals surface area contributed by atoms with E-state index in [2.05, 4.69) is 10.6 Å². The van der Waals surface area contributed by atoms with Crippen LogP contribution in [0.5, 0.6) is 0 Å². The highest BCUT2D eigenvalue weighted by molar-refractivity contribution is 5.69. The van der Waals surface area contributed by atoms with Gasteiger partial charge in [0, 0.05) is 26.2 Å². The van der Waals surface area contributed by atoms with Gasteiger partial charge in [0.1, 0.15) is 0 Å². The Bertz CT molecular complexity index is 158. The van der Waals surface area contributed by atoms with E-state index in [9.17, 15) is 4.79 Å². The molecular formula is C9H18N2O2. The third kappa shape index (κ3) is 4.24. The average molecular weight is 186 g/mol. The zero-order chi connectivity index (χ0) is 9.52. The molecule has 4 heteroatoms. The second kappa shape index (κ2) is 5.94. The summed E-state index contributed by atoms with van der Waals surface area (Å²) in [4.78, 5) is 10.9. The molecular weight excluding hydrogens is 168 g/mol. The molecule has 1 heterocycles. The molecule has 0 radical (unpaired) electrons. The molecule has 0 aromatic carbocycles. The summed E-state index contributed by atoms with van der Waals surface area (Å²) in [7, 11) is 0. The first kappa shape index (κ1) is 10.5. The Morgan fingerprint density at radius 3 is 2.92 bits per heavy atom. The lowest BCUT2D eigenvalue weighted by atomic mass is 10.0. The molecule has 1 aliphatic heterocycles. The molecule has 1 fully saturated rings. The minimum absolute atomic E-state index is 0.110. The van der Waals surface area contributed by atoms with Crippen molar-refractivity contribution in [2.24, 2.45) is 5.92 Å². The maximum Gasteiger partial charge on any atom is 0.307 e. The highest BCUT2D eigenvalue weighted by Gasteiger charge is 2.15. The van der Waals surface area contributed by atoms with Crippen LogP contribution in [-0.4, -0.2) is 38.8 Å². The lowest BCUT2D eigenvalue weighted by molar-refractivity contribution is -0.142. The molecule has 0 aromatic rings. The van der Waals surface area contributed by atoms with Crippen molar-refractivity contribution in [2.75, 3.05) is 32.8 Å². The number of carbonyl (C=O) groups is 1. The van der Waals surface area contributed by atoms with Crippen LogP contribution in [0.15, 0.2) is 0 Å². The number of hydrogen-bond donors (Lipinski definition) is 2. The van der Waals surface area contributed by atoms with Gasteiger partial charge in [0.25, 0.3) is 0 Å².